The van der Waals surface area contributed by atoms with Crippen molar-refractivity contribution in [2.75, 3.05) is 10.7 Å². The number of alkyl halides is 4. The van der Waals surface area contributed by atoms with Crippen LogP contribution in [0.4, 0.5) is 0 Å². The van der Waals surface area contributed by atoms with Gasteiger partial charge in [0.15, 0.2) is 0 Å². The fourth-order valence-corrected chi connectivity index (χ4v) is 9.22. The van der Waals surface area contributed by atoms with Crippen molar-refractivity contribution in [1.29, 1.82) is 0 Å². The molecule has 1 aromatic carbocycles. The van der Waals surface area contributed by atoms with Crippen molar-refractivity contribution in [2.45, 2.75) is 34.6 Å². The van der Waals surface area contributed by atoms with Gasteiger partial charge in [-0.05, 0) is 24.9 Å². The van der Waals surface area contributed by atoms with Gasteiger partial charge in [0, 0.05) is 20.3 Å². The lowest BCUT2D eigenvalue weighted by Crippen LogP contribution is -2.22. The van der Waals surface area contributed by atoms with Crippen LogP contribution in [0.2, 0.25) is 12.1 Å². The van der Waals surface area contributed by atoms with Gasteiger partial charge in [0.05, 0.1) is 19.0 Å². The summed E-state index contributed by atoms with van der Waals surface area (Å²) in [5.74, 6) is 0. The minimum absolute atomic E-state index is 0.101. The largest absolute Gasteiger partial charge is 0.0928 e. The highest BCUT2D eigenvalue weighted by atomic mass is 79.9. The molecule has 0 saturated carbocycles. The van der Waals surface area contributed by atoms with Crippen LogP contribution in [0.5, 0.6) is 0 Å². The SMILES string of the molecule is BrCCC(Br)C[SiH2]c1ccc([SiH2]CC(Br)CCBr)cc1. The average molecular weight is 566 g/mol. The van der Waals surface area contributed by atoms with Gasteiger partial charge >= 0.3 is 0 Å². The summed E-state index contributed by atoms with van der Waals surface area (Å²) >= 11 is 14.6. The Hall–Kier alpha value is 1.57. The number of hydrogen-bond acceptors (Lipinski definition) is 0. The maximum atomic E-state index is 3.77. The molecule has 2 unspecified atom stereocenters. The molecule has 0 aliphatic carbocycles. The monoisotopic (exact) mass is 562 g/mol. The van der Waals surface area contributed by atoms with E-state index in [0.29, 0.717) is 9.65 Å². The number of hydrogen-bond donors (Lipinski definition) is 0. The van der Waals surface area contributed by atoms with Crippen LogP contribution in [0.25, 0.3) is 0 Å². The Kier molecular flexibility index (Phi) is 11.8. The molecule has 0 bridgehead atoms. The lowest BCUT2D eigenvalue weighted by molar-refractivity contribution is 0.934. The number of halogens is 4. The van der Waals surface area contributed by atoms with E-state index in [1.54, 1.807) is 10.4 Å². The van der Waals surface area contributed by atoms with Gasteiger partial charge in [-0.25, -0.2) is 0 Å². The summed E-state index contributed by atoms with van der Waals surface area (Å²) in [6, 6.07) is 12.3. The van der Waals surface area contributed by atoms with Gasteiger partial charge in [-0.3, -0.25) is 0 Å². The van der Waals surface area contributed by atoms with Gasteiger partial charge in [0.1, 0.15) is 0 Å². The third-order valence-electron chi connectivity index (χ3n) is 3.36. The van der Waals surface area contributed by atoms with E-state index < -0.39 is 0 Å². The first kappa shape index (κ1) is 19.6. The first-order chi connectivity index (χ1) is 9.65. The quantitative estimate of drug-likeness (QED) is 0.302. The normalized spacial score (nSPS) is 15.4. The molecule has 2 atom stereocenters. The molecule has 0 heterocycles. The lowest BCUT2D eigenvalue weighted by Gasteiger charge is -2.09. The molecular weight excluding hydrogens is 544 g/mol. The molecule has 1 aromatic rings. The van der Waals surface area contributed by atoms with Gasteiger partial charge in [0.2, 0.25) is 0 Å². The van der Waals surface area contributed by atoms with Crippen molar-refractivity contribution in [2.24, 2.45) is 0 Å². The Morgan fingerprint density at radius 2 is 1.10 bits per heavy atom. The first-order valence-corrected chi connectivity index (χ1v) is 14.6. The number of rotatable bonds is 10. The molecule has 0 saturated heterocycles. The van der Waals surface area contributed by atoms with Crippen molar-refractivity contribution in [1.82, 2.24) is 0 Å². The Bertz CT molecular complexity index is 324. The summed E-state index contributed by atoms with van der Waals surface area (Å²) in [4.78, 5) is 1.39. The summed E-state index contributed by atoms with van der Waals surface area (Å²) in [5.41, 5.74) is 0. The van der Waals surface area contributed by atoms with Crippen LogP contribution >= 0.6 is 63.7 Å². The summed E-state index contributed by atoms with van der Waals surface area (Å²) < 4.78 is 0. The van der Waals surface area contributed by atoms with E-state index in [0.717, 1.165) is 10.7 Å². The van der Waals surface area contributed by atoms with Crippen LogP contribution in [-0.4, -0.2) is 39.4 Å². The molecule has 0 aromatic heterocycles. The zero-order valence-electron chi connectivity index (χ0n) is 11.6. The molecule has 0 fully saturated rings. The van der Waals surface area contributed by atoms with Crippen molar-refractivity contribution < 1.29 is 0 Å². The highest BCUT2D eigenvalue weighted by Gasteiger charge is 2.06. The highest BCUT2D eigenvalue weighted by Crippen LogP contribution is 2.12. The predicted molar refractivity (Wildman–Crippen MR) is 115 cm³/mol. The molecule has 20 heavy (non-hydrogen) atoms. The topological polar surface area (TPSA) is 0 Å². The summed E-state index contributed by atoms with van der Waals surface area (Å²) in [7, 11) is -0.201. The minimum Gasteiger partial charge on any atom is -0.0928 e. The smallest absolute Gasteiger partial charge is 0.0558 e. The Morgan fingerprint density at radius 1 is 0.750 bits per heavy atom. The fourth-order valence-electron chi connectivity index (χ4n) is 2.04. The minimum atomic E-state index is -0.101. The molecule has 0 spiro atoms. The van der Waals surface area contributed by atoms with Crippen LogP contribution in [0.1, 0.15) is 12.8 Å². The Morgan fingerprint density at radius 3 is 1.40 bits per heavy atom. The van der Waals surface area contributed by atoms with E-state index in [2.05, 4.69) is 88.0 Å². The van der Waals surface area contributed by atoms with Crippen LogP contribution in [0.3, 0.4) is 0 Å². The van der Waals surface area contributed by atoms with Crippen LogP contribution in [0.15, 0.2) is 24.3 Å². The van der Waals surface area contributed by atoms with Crippen molar-refractivity contribution in [3.8, 4) is 0 Å². The van der Waals surface area contributed by atoms with Crippen molar-refractivity contribution in [3.05, 3.63) is 24.3 Å². The summed E-state index contributed by atoms with van der Waals surface area (Å²) in [6.45, 7) is 0. The number of benzene rings is 1. The second kappa shape index (κ2) is 12.1. The van der Waals surface area contributed by atoms with E-state index in [-0.39, 0.29) is 19.0 Å². The standard InChI is InChI=1S/C14H22Br4Si2/c15-7-5-11(17)9-19-13-1-2-14(4-3-13)20-10-12(18)6-8-16/h1-4,11-12H,5-10,19-20H2. The molecule has 0 nitrogen and oxygen atoms in total. The zero-order valence-corrected chi connectivity index (χ0v) is 20.8. The molecule has 0 amide bonds. The zero-order chi connectivity index (χ0) is 14.8. The van der Waals surface area contributed by atoms with E-state index in [1.165, 1.54) is 24.9 Å². The van der Waals surface area contributed by atoms with E-state index >= 15 is 0 Å². The van der Waals surface area contributed by atoms with Crippen LogP contribution in [-0.2, 0) is 0 Å². The van der Waals surface area contributed by atoms with Crippen LogP contribution < -0.4 is 10.4 Å². The van der Waals surface area contributed by atoms with Crippen molar-refractivity contribution in [3.63, 3.8) is 0 Å². The van der Waals surface area contributed by atoms with E-state index in [1.807, 2.05) is 0 Å². The maximum Gasteiger partial charge on any atom is 0.0558 e. The van der Waals surface area contributed by atoms with Gasteiger partial charge < -0.3 is 0 Å². The molecule has 114 valence electrons. The average Bonchev–Trinajstić information content (AvgIpc) is 2.45. The molecule has 0 aliphatic rings. The van der Waals surface area contributed by atoms with E-state index in [9.17, 15) is 0 Å². The van der Waals surface area contributed by atoms with Gasteiger partial charge in [-0.2, -0.15) is 0 Å². The molecule has 0 aliphatic heterocycles. The molecule has 0 N–H and O–H groups in total. The molecular formula is C14H22Br4Si2. The second-order valence-corrected chi connectivity index (χ2v) is 13.0. The fraction of sp³-hybridized carbons (Fsp3) is 0.571. The van der Waals surface area contributed by atoms with Gasteiger partial charge in [-0.1, -0.05) is 98.4 Å². The van der Waals surface area contributed by atoms with Gasteiger partial charge in [0.25, 0.3) is 0 Å². The molecule has 1 rings (SSSR count). The Balaban J connectivity index is 2.32. The predicted octanol–water partition coefficient (Wildman–Crippen LogP) is 3.21. The highest BCUT2D eigenvalue weighted by molar-refractivity contribution is 9.10. The molecule has 0 radical (unpaired) electrons. The van der Waals surface area contributed by atoms with Gasteiger partial charge in [-0.15, -0.1) is 0 Å². The third-order valence-corrected chi connectivity index (χ3v) is 11.9. The Labute approximate surface area is 161 Å². The second-order valence-electron chi connectivity index (χ2n) is 5.04. The first-order valence-electron chi connectivity index (χ1n) is 7.13. The summed E-state index contributed by atoms with van der Waals surface area (Å²) in [6.07, 6.45) is 2.47. The third kappa shape index (κ3) is 8.88. The van der Waals surface area contributed by atoms with E-state index in [4.69, 9.17) is 0 Å². The van der Waals surface area contributed by atoms with Crippen LogP contribution in [0, 0.1) is 0 Å². The molecule has 6 heteroatoms. The maximum absolute atomic E-state index is 3.77. The van der Waals surface area contributed by atoms with Crippen molar-refractivity contribution >= 4 is 93.1 Å². The summed E-state index contributed by atoms with van der Waals surface area (Å²) in [5, 5.41) is 5.42. The lowest BCUT2D eigenvalue weighted by atomic mass is 10.4.